The van der Waals surface area contributed by atoms with Gasteiger partial charge in [0.25, 0.3) is 0 Å². The molecule has 3 aromatic rings. The fourth-order valence-electron chi connectivity index (χ4n) is 3.91. The second-order valence-corrected chi connectivity index (χ2v) is 7.50. The molecule has 0 radical (unpaired) electrons. The maximum atomic E-state index is 12.2. The van der Waals surface area contributed by atoms with Crippen LogP contribution in [0.15, 0.2) is 60.8 Å². The standard InChI is InChI=1S/C26H22N2O4/c1-17-14-18(15-28-24(17)25(29)30)8-6-7-13-27-26(31)32-16-23-21-11-4-2-9-19(21)20-10-3-5-12-22(20)23/h2-5,9-12,14-15,23H,7,13,16H2,1H3,(H,27,31)(H,29,30). The molecule has 6 nitrogen and oxygen atoms in total. The SMILES string of the molecule is Cc1cc(C#CCCNC(=O)OCC2c3ccccc3-c3ccccc32)cnc1C(=O)O. The van der Waals surface area contributed by atoms with Gasteiger partial charge in [-0.15, -0.1) is 0 Å². The zero-order chi connectivity index (χ0) is 22.5. The average molecular weight is 426 g/mol. The molecule has 2 aromatic carbocycles. The number of pyridine rings is 1. The molecule has 1 aliphatic rings. The van der Waals surface area contributed by atoms with Gasteiger partial charge < -0.3 is 15.2 Å². The lowest BCUT2D eigenvalue weighted by Crippen LogP contribution is -2.26. The number of carbonyl (C=O) groups is 2. The Morgan fingerprint density at radius 2 is 1.75 bits per heavy atom. The molecule has 0 atom stereocenters. The molecule has 0 saturated carbocycles. The number of carboxylic acid groups (broad SMARTS) is 1. The van der Waals surface area contributed by atoms with Crippen molar-refractivity contribution in [2.45, 2.75) is 19.3 Å². The van der Waals surface area contributed by atoms with E-state index in [4.69, 9.17) is 9.84 Å². The van der Waals surface area contributed by atoms with Crippen LogP contribution in [0.25, 0.3) is 11.1 Å². The number of hydrogen-bond donors (Lipinski definition) is 2. The minimum Gasteiger partial charge on any atom is -0.477 e. The molecule has 0 fully saturated rings. The number of fused-ring (bicyclic) bond motifs is 3. The van der Waals surface area contributed by atoms with Crippen LogP contribution < -0.4 is 5.32 Å². The maximum Gasteiger partial charge on any atom is 0.407 e. The summed E-state index contributed by atoms with van der Waals surface area (Å²) in [6.45, 7) is 2.30. The van der Waals surface area contributed by atoms with E-state index in [2.05, 4.69) is 46.4 Å². The van der Waals surface area contributed by atoms with Gasteiger partial charge in [0.15, 0.2) is 5.69 Å². The van der Waals surface area contributed by atoms with E-state index < -0.39 is 12.1 Å². The maximum absolute atomic E-state index is 12.2. The van der Waals surface area contributed by atoms with Crippen molar-refractivity contribution in [2.75, 3.05) is 13.2 Å². The van der Waals surface area contributed by atoms with Crippen molar-refractivity contribution >= 4 is 12.1 Å². The number of nitrogens with one attached hydrogen (secondary N) is 1. The van der Waals surface area contributed by atoms with Crippen molar-refractivity contribution in [3.8, 4) is 23.0 Å². The summed E-state index contributed by atoms with van der Waals surface area (Å²) in [5.74, 6) is 4.84. The largest absolute Gasteiger partial charge is 0.477 e. The van der Waals surface area contributed by atoms with Crippen LogP contribution in [0.5, 0.6) is 0 Å². The number of aromatic nitrogens is 1. The van der Waals surface area contributed by atoms with Gasteiger partial charge in [-0.3, -0.25) is 0 Å². The van der Waals surface area contributed by atoms with Crippen molar-refractivity contribution in [2.24, 2.45) is 0 Å². The Morgan fingerprint density at radius 1 is 1.09 bits per heavy atom. The molecule has 0 saturated heterocycles. The Bertz CT molecular complexity index is 1190. The van der Waals surface area contributed by atoms with E-state index in [0.29, 0.717) is 24.1 Å². The molecule has 32 heavy (non-hydrogen) atoms. The second-order valence-electron chi connectivity index (χ2n) is 7.50. The number of benzene rings is 2. The van der Waals surface area contributed by atoms with E-state index in [1.54, 1.807) is 13.0 Å². The number of alkyl carbamates (subject to hydrolysis) is 1. The number of nitrogens with zero attached hydrogens (tertiary/aromatic N) is 1. The average Bonchev–Trinajstić information content (AvgIpc) is 3.11. The van der Waals surface area contributed by atoms with Crippen LogP contribution >= 0.6 is 0 Å². The van der Waals surface area contributed by atoms with Crippen LogP contribution in [0.3, 0.4) is 0 Å². The van der Waals surface area contributed by atoms with Crippen LogP contribution in [0, 0.1) is 18.8 Å². The van der Waals surface area contributed by atoms with Crippen molar-refractivity contribution in [3.63, 3.8) is 0 Å². The number of hydrogen-bond acceptors (Lipinski definition) is 4. The van der Waals surface area contributed by atoms with Gasteiger partial charge in [0.2, 0.25) is 0 Å². The molecule has 1 amide bonds. The number of aryl methyl sites for hydroxylation is 1. The monoisotopic (exact) mass is 426 g/mol. The summed E-state index contributed by atoms with van der Waals surface area (Å²) in [7, 11) is 0. The van der Waals surface area contributed by atoms with Gasteiger partial charge in [-0.05, 0) is 40.8 Å². The zero-order valence-corrected chi connectivity index (χ0v) is 17.6. The van der Waals surface area contributed by atoms with Gasteiger partial charge in [-0.1, -0.05) is 60.4 Å². The molecule has 4 rings (SSSR count). The number of rotatable bonds is 5. The normalized spacial score (nSPS) is 11.7. The minimum absolute atomic E-state index is 0.0208. The summed E-state index contributed by atoms with van der Waals surface area (Å²) in [5.41, 5.74) is 5.93. The molecule has 2 N–H and O–H groups in total. The third kappa shape index (κ3) is 4.47. The molecule has 1 aliphatic carbocycles. The molecule has 0 unspecified atom stereocenters. The van der Waals surface area contributed by atoms with Gasteiger partial charge in [0.1, 0.15) is 6.61 Å². The summed E-state index contributed by atoms with van der Waals surface area (Å²) in [5, 5.41) is 11.7. The van der Waals surface area contributed by atoms with Crippen LogP contribution in [-0.2, 0) is 4.74 Å². The summed E-state index contributed by atoms with van der Waals surface area (Å²) < 4.78 is 5.49. The van der Waals surface area contributed by atoms with E-state index >= 15 is 0 Å². The Hall–Kier alpha value is -4.11. The number of carboxylic acids is 1. The molecule has 0 bridgehead atoms. The Balaban J connectivity index is 1.28. The lowest BCUT2D eigenvalue weighted by molar-refractivity contribution is 0.0689. The predicted octanol–water partition coefficient (Wildman–Crippen LogP) is 4.37. The molecule has 1 heterocycles. The highest BCUT2D eigenvalue weighted by atomic mass is 16.5. The van der Waals surface area contributed by atoms with Gasteiger partial charge in [0, 0.05) is 30.6 Å². The smallest absolute Gasteiger partial charge is 0.407 e. The van der Waals surface area contributed by atoms with Crippen molar-refractivity contribution in [1.29, 1.82) is 0 Å². The number of carbonyl (C=O) groups excluding carboxylic acids is 1. The molecule has 1 aromatic heterocycles. The van der Waals surface area contributed by atoms with E-state index in [-0.39, 0.29) is 18.2 Å². The highest BCUT2D eigenvalue weighted by molar-refractivity contribution is 5.87. The molecule has 0 spiro atoms. The second kappa shape index (κ2) is 9.36. The Morgan fingerprint density at radius 3 is 2.38 bits per heavy atom. The predicted molar refractivity (Wildman–Crippen MR) is 121 cm³/mol. The summed E-state index contributed by atoms with van der Waals surface area (Å²) >= 11 is 0. The van der Waals surface area contributed by atoms with Crippen molar-refractivity contribution in [1.82, 2.24) is 10.3 Å². The number of ether oxygens (including phenoxy) is 1. The zero-order valence-electron chi connectivity index (χ0n) is 17.6. The number of aromatic carboxylic acids is 1. The fraction of sp³-hybridized carbons (Fsp3) is 0.192. The van der Waals surface area contributed by atoms with Crippen LogP contribution in [0.2, 0.25) is 0 Å². The third-order valence-corrected chi connectivity index (χ3v) is 5.38. The number of amides is 1. The van der Waals surface area contributed by atoms with E-state index in [1.165, 1.54) is 28.5 Å². The molecule has 0 aliphatic heterocycles. The van der Waals surface area contributed by atoms with Gasteiger partial charge in [-0.25, -0.2) is 14.6 Å². The Kier molecular flexibility index (Phi) is 6.18. The highest BCUT2D eigenvalue weighted by Gasteiger charge is 2.28. The molecule has 6 heteroatoms. The minimum atomic E-state index is -1.06. The van der Waals surface area contributed by atoms with Crippen LogP contribution in [0.4, 0.5) is 4.79 Å². The summed E-state index contributed by atoms with van der Waals surface area (Å²) in [4.78, 5) is 27.1. The van der Waals surface area contributed by atoms with Gasteiger partial charge in [-0.2, -0.15) is 0 Å². The van der Waals surface area contributed by atoms with Crippen molar-refractivity contribution in [3.05, 3.63) is 88.7 Å². The van der Waals surface area contributed by atoms with E-state index in [0.717, 1.165) is 0 Å². The van der Waals surface area contributed by atoms with Crippen LogP contribution in [0.1, 0.15) is 45.1 Å². The first-order valence-corrected chi connectivity index (χ1v) is 10.3. The van der Waals surface area contributed by atoms with Gasteiger partial charge in [0.05, 0.1) is 0 Å². The first kappa shape index (κ1) is 21.1. The Labute approximate surface area is 186 Å². The highest BCUT2D eigenvalue weighted by Crippen LogP contribution is 2.44. The van der Waals surface area contributed by atoms with E-state index in [9.17, 15) is 9.59 Å². The first-order chi connectivity index (χ1) is 15.5. The third-order valence-electron chi connectivity index (χ3n) is 5.38. The van der Waals surface area contributed by atoms with Crippen LogP contribution in [-0.4, -0.2) is 35.3 Å². The quantitative estimate of drug-likeness (QED) is 0.467. The summed E-state index contributed by atoms with van der Waals surface area (Å²) in [6, 6.07) is 18.1. The topological polar surface area (TPSA) is 88.5 Å². The van der Waals surface area contributed by atoms with Gasteiger partial charge >= 0.3 is 12.1 Å². The molecular formula is C26H22N2O4. The molecular weight excluding hydrogens is 404 g/mol. The first-order valence-electron chi connectivity index (χ1n) is 10.3. The summed E-state index contributed by atoms with van der Waals surface area (Å²) in [6.07, 6.45) is 1.39. The lowest BCUT2D eigenvalue weighted by Gasteiger charge is -2.14. The van der Waals surface area contributed by atoms with Crippen molar-refractivity contribution < 1.29 is 19.4 Å². The molecule has 160 valence electrons. The lowest BCUT2D eigenvalue weighted by atomic mass is 9.98. The fourth-order valence-corrected chi connectivity index (χ4v) is 3.91. The van der Waals surface area contributed by atoms with E-state index in [1.807, 2.05) is 24.3 Å².